The lowest BCUT2D eigenvalue weighted by atomic mass is 10.2. The fourth-order valence-corrected chi connectivity index (χ4v) is 4.56. The summed E-state index contributed by atoms with van der Waals surface area (Å²) < 4.78 is 30.0. The molecule has 1 N–H and O–H groups in total. The summed E-state index contributed by atoms with van der Waals surface area (Å²) in [6, 6.07) is 26.7. The number of nitrogens with zero attached hydrogens (tertiary/aromatic N) is 2. The Hall–Kier alpha value is -5.77. The first-order valence-corrected chi connectivity index (χ1v) is 14.3. The molecule has 45 heavy (non-hydrogen) atoms. The van der Waals surface area contributed by atoms with Crippen LogP contribution in [-0.4, -0.2) is 36.4 Å². The molecule has 0 saturated heterocycles. The molecule has 10 heteroatoms. The Bertz CT molecular complexity index is 1780. The molecule has 0 fully saturated rings. The summed E-state index contributed by atoms with van der Waals surface area (Å²) in [6.07, 6.45) is 1.45. The number of carbonyl (C=O) groups excluding carboxylic acids is 2. The van der Waals surface area contributed by atoms with E-state index in [1.165, 1.54) is 6.21 Å². The van der Waals surface area contributed by atoms with Crippen LogP contribution in [0.5, 0.6) is 23.0 Å². The van der Waals surface area contributed by atoms with Gasteiger partial charge in [-0.2, -0.15) is 5.10 Å². The molecule has 3 aromatic carbocycles. The van der Waals surface area contributed by atoms with E-state index in [9.17, 15) is 9.59 Å². The molecule has 0 saturated carbocycles. The highest BCUT2D eigenvalue weighted by molar-refractivity contribution is 5.93. The van der Waals surface area contributed by atoms with Gasteiger partial charge in [0.2, 0.25) is 0 Å². The first-order chi connectivity index (χ1) is 21.8. The summed E-state index contributed by atoms with van der Waals surface area (Å²) >= 11 is 0. The number of nitrogens with one attached hydrogen (secondary N) is 1. The quantitative estimate of drug-likeness (QED) is 0.0731. The number of furan rings is 1. The van der Waals surface area contributed by atoms with Gasteiger partial charge in [-0.25, -0.2) is 10.2 Å². The minimum atomic E-state index is -0.536. The van der Waals surface area contributed by atoms with E-state index in [-0.39, 0.29) is 18.1 Å². The highest BCUT2D eigenvalue weighted by atomic mass is 16.6. The maximum absolute atomic E-state index is 12.6. The number of rotatable bonds is 12. The summed E-state index contributed by atoms with van der Waals surface area (Å²) in [5.74, 6) is 1.46. The van der Waals surface area contributed by atoms with E-state index in [1.54, 1.807) is 61.7 Å². The summed E-state index contributed by atoms with van der Waals surface area (Å²) in [6.45, 7) is 6.46. The van der Waals surface area contributed by atoms with Gasteiger partial charge in [0.25, 0.3) is 0 Å². The number of esters is 1. The average Bonchev–Trinajstić information content (AvgIpc) is 3.67. The van der Waals surface area contributed by atoms with Crippen molar-refractivity contribution >= 4 is 18.1 Å². The number of benzene rings is 3. The van der Waals surface area contributed by atoms with E-state index in [0.29, 0.717) is 40.7 Å². The van der Waals surface area contributed by atoms with E-state index in [4.69, 9.17) is 23.4 Å². The minimum Gasteiger partial charge on any atom is -0.497 e. The van der Waals surface area contributed by atoms with Crippen LogP contribution in [0.3, 0.4) is 0 Å². The molecule has 0 spiro atoms. The van der Waals surface area contributed by atoms with Crippen molar-refractivity contribution in [1.29, 1.82) is 0 Å². The van der Waals surface area contributed by atoms with E-state index in [1.807, 2.05) is 31.2 Å². The predicted molar refractivity (Wildman–Crippen MR) is 169 cm³/mol. The molecule has 10 nitrogen and oxygen atoms in total. The number of hydrogen-bond donors (Lipinski definition) is 1. The monoisotopic (exact) mass is 607 g/mol. The number of hydrazone groups is 1. The zero-order chi connectivity index (χ0) is 31.8. The topological polar surface area (TPSA) is 114 Å². The van der Waals surface area contributed by atoms with Gasteiger partial charge in [-0.15, -0.1) is 0 Å². The van der Waals surface area contributed by atoms with Crippen LogP contribution in [0.15, 0.2) is 101 Å². The molecular formula is C35H33N3O7. The second-order valence-electron chi connectivity index (χ2n) is 9.96. The van der Waals surface area contributed by atoms with Gasteiger partial charge < -0.3 is 27.9 Å². The van der Waals surface area contributed by atoms with Crippen LogP contribution in [0, 0.1) is 13.8 Å². The fraction of sp³-hybridized carbons (Fsp3) is 0.171. The van der Waals surface area contributed by atoms with E-state index in [0.717, 1.165) is 17.1 Å². The van der Waals surface area contributed by atoms with Crippen LogP contribution in [0.25, 0.3) is 5.69 Å². The number of aryl methyl sites for hydroxylation is 2. The lowest BCUT2D eigenvalue weighted by Gasteiger charge is -2.11. The number of hydrogen-bond acceptors (Lipinski definition) is 8. The predicted octanol–water partition coefficient (Wildman–Crippen LogP) is 6.66. The number of amides is 1. The Morgan fingerprint density at radius 1 is 0.844 bits per heavy atom. The SMILES string of the molecule is CCOc1cc(/C=N/NC(=O)c2ccc(COc3ccc(-n4c(C)ccc4C)cc3)o2)ccc1OC(=O)c1ccc(OC)cc1. The van der Waals surface area contributed by atoms with Crippen LogP contribution in [0.4, 0.5) is 0 Å². The molecule has 1 amide bonds. The van der Waals surface area contributed by atoms with Gasteiger partial charge in [-0.05, 0) is 117 Å². The fourth-order valence-electron chi connectivity index (χ4n) is 4.56. The van der Waals surface area contributed by atoms with Crippen molar-refractivity contribution in [1.82, 2.24) is 9.99 Å². The molecule has 0 aliphatic rings. The second-order valence-corrected chi connectivity index (χ2v) is 9.96. The normalized spacial score (nSPS) is 10.9. The van der Waals surface area contributed by atoms with Crippen LogP contribution in [-0.2, 0) is 6.61 Å². The highest BCUT2D eigenvalue weighted by Crippen LogP contribution is 2.29. The molecular weight excluding hydrogens is 574 g/mol. The van der Waals surface area contributed by atoms with Crippen molar-refractivity contribution in [2.24, 2.45) is 5.10 Å². The Morgan fingerprint density at radius 2 is 1.56 bits per heavy atom. The molecule has 230 valence electrons. The Balaban J connectivity index is 1.14. The zero-order valence-corrected chi connectivity index (χ0v) is 25.4. The van der Waals surface area contributed by atoms with Crippen LogP contribution in [0.1, 0.15) is 50.5 Å². The largest absolute Gasteiger partial charge is 0.497 e. The lowest BCUT2D eigenvalue weighted by molar-refractivity contribution is 0.0728. The zero-order valence-electron chi connectivity index (χ0n) is 25.4. The molecule has 0 aliphatic carbocycles. The molecule has 0 aliphatic heterocycles. The maximum atomic E-state index is 12.6. The van der Waals surface area contributed by atoms with Gasteiger partial charge >= 0.3 is 11.9 Å². The van der Waals surface area contributed by atoms with Crippen molar-refractivity contribution in [2.45, 2.75) is 27.4 Å². The van der Waals surface area contributed by atoms with Gasteiger partial charge in [0, 0.05) is 17.1 Å². The third kappa shape index (κ3) is 7.61. The van der Waals surface area contributed by atoms with Gasteiger partial charge in [0.1, 0.15) is 23.9 Å². The molecule has 5 aromatic rings. The number of carbonyl (C=O) groups is 2. The Labute approximate surface area is 260 Å². The number of aromatic nitrogens is 1. The molecule has 5 rings (SSSR count). The van der Waals surface area contributed by atoms with Crippen molar-refractivity contribution in [3.8, 4) is 28.7 Å². The third-order valence-corrected chi connectivity index (χ3v) is 6.81. The average molecular weight is 608 g/mol. The summed E-state index contributed by atoms with van der Waals surface area (Å²) in [4.78, 5) is 25.2. The van der Waals surface area contributed by atoms with Gasteiger partial charge in [0.05, 0.1) is 25.5 Å². The molecule has 2 heterocycles. The highest BCUT2D eigenvalue weighted by Gasteiger charge is 2.14. The molecule has 2 aromatic heterocycles. The van der Waals surface area contributed by atoms with Crippen LogP contribution in [0.2, 0.25) is 0 Å². The summed E-state index contributed by atoms with van der Waals surface area (Å²) in [7, 11) is 1.55. The summed E-state index contributed by atoms with van der Waals surface area (Å²) in [5, 5.41) is 4.03. The Morgan fingerprint density at radius 3 is 2.24 bits per heavy atom. The first-order valence-electron chi connectivity index (χ1n) is 14.3. The smallest absolute Gasteiger partial charge is 0.343 e. The molecule has 0 atom stereocenters. The number of ether oxygens (including phenoxy) is 4. The van der Waals surface area contributed by atoms with E-state index >= 15 is 0 Å². The second kappa shape index (κ2) is 14.1. The van der Waals surface area contributed by atoms with Crippen LogP contribution >= 0.6 is 0 Å². The first kappa shape index (κ1) is 30.7. The maximum Gasteiger partial charge on any atom is 0.343 e. The lowest BCUT2D eigenvalue weighted by Crippen LogP contribution is -2.16. The van der Waals surface area contributed by atoms with Gasteiger partial charge in [-0.1, -0.05) is 0 Å². The molecule has 0 bridgehead atoms. The number of methoxy groups -OCH3 is 1. The third-order valence-electron chi connectivity index (χ3n) is 6.81. The van der Waals surface area contributed by atoms with Gasteiger partial charge in [0.15, 0.2) is 17.3 Å². The Kier molecular flexibility index (Phi) is 9.64. The van der Waals surface area contributed by atoms with Crippen LogP contribution < -0.4 is 24.4 Å². The standard InChI is InChI=1S/C35H33N3O7/c1-5-42-33-20-25(8-18-31(33)45-35(40)26-9-13-28(41-4)14-10-26)21-36-37-34(39)32-19-17-30(44-32)22-43-29-15-11-27(12-16-29)38-23(2)6-7-24(38)3/h6-21H,5,22H2,1-4H3,(H,37,39)/b36-21+. The van der Waals surface area contributed by atoms with Crippen molar-refractivity contribution < 1.29 is 33.0 Å². The van der Waals surface area contributed by atoms with Crippen molar-refractivity contribution in [3.05, 3.63) is 125 Å². The van der Waals surface area contributed by atoms with Crippen molar-refractivity contribution in [3.63, 3.8) is 0 Å². The van der Waals surface area contributed by atoms with Crippen molar-refractivity contribution in [2.75, 3.05) is 13.7 Å². The molecule has 0 radical (unpaired) electrons. The van der Waals surface area contributed by atoms with Gasteiger partial charge in [-0.3, -0.25) is 4.79 Å². The molecule has 0 unspecified atom stereocenters. The van der Waals surface area contributed by atoms with E-state index < -0.39 is 11.9 Å². The summed E-state index contributed by atoms with van der Waals surface area (Å²) in [5.41, 5.74) is 6.80. The minimum absolute atomic E-state index is 0.0930. The van der Waals surface area contributed by atoms with E-state index in [2.05, 4.69) is 41.1 Å².